The highest BCUT2D eigenvalue weighted by atomic mass is 32.2. The average Bonchev–Trinajstić information content (AvgIpc) is 2.82. The number of rotatable bonds is 5. The lowest BCUT2D eigenvalue weighted by Gasteiger charge is -2.38. The molecule has 1 aliphatic rings. The van der Waals surface area contributed by atoms with Crippen LogP contribution in [0.2, 0.25) is 0 Å². The minimum atomic E-state index is -4.28. The first-order valence-electron chi connectivity index (χ1n) is 11.2. The summed E-state index contributed by atoms with van der Waals surface area (Å²) in [5, 5.41) is 9.87. The Bertz CT molecular complexity index is 1490. The normalized spacial score (nSPS) is 18.2. The molecule has 1 fully saturated rings. The Hall–Kier alpha value is -3.06. The molecule has 0 aliphatic carbocycles. The Morgan fingerprint density at radius 3 is 2.28 bits per heavy atom. The molecule has 1 aromatic heterocycles. The van der Waals surface area contributed by atoms with Gasteiger partial charge in [0.25, 0.3) is 0 Å². The van der Waals surface area contributed by atoms with Gasteiger partial charge in [-0.1, -0.05) is 51.1 Å². The summed E-state index contributed by atoms with van der Waals surface area (Å²) in [6.07, 6.45) is -1.84. The molecule has 4 rings (SSSR count). The fourth-order valence-electron chi connectivity index (χ4n) is 4.10. The Kier molecular flexibility index (Phi) is 6.82. The Morgan fingerprint density at radius 1 is 0.972 bits per heavy atom. The quantitative estimate of drug-likeness (QED) is 0.494. The van der Waals surface area contributed by atoms with Crippen LogP contribution < -0.4 is 0 Å². The first-order chi connectivity index (χ1) is 16.8. The molecule has 36 heavy (non-hydrogen) atoms. The van der Waals surface area contributed by atoms with Crippen molar-refractivity contribution in [1.29, 1.82) is 0 Å². The van der Waals surface area contributed by atoms with Crippen LogP contribution in [0.4, 0.5) is 4.79 Å². The third-order valence-corrected chi connectivity index (χ3v) is 9.83. The number of carboxylic acid groups (broad SMARTS) is 1. The van der Waals surface area contributed by atoms with Crippen LogP contribution in [0.5, 0.6) is 0 Å². The number of carbonyl (C=O) groups is 1. The summed E-state index contributed by atoms with van der Waals surface area (Å²) in [4.78, 5) is 15.5. The number of aromatic nitrogens is 1. The van der Waals surface area contributed by atoms with E-state index in [0.717, 1.165) is 14.2 Å². The van der Waals surface area contributed by atoms with Crippen molar-refractivity contribution in [3.05, 3.63) is 66.4 Å². The summed E-state index contributed by atoms with van der Waals surface area (Å²) in [7, 11) is -8.31. The molecular formula is C24H27N3O7S2. The summed E-state index contributed by atoms with van der Waals surface area (Å²) in [6.45, 7) is 5.05. The molecule has 0 bridgehead atoms. The predicted molar refractivity (Wildman–Crippen MR) is 132 cm³/mol. The van der Waals surface area contributed by atoms with Gasteiger partial charge in [-0.05, 0) is 35.2 Å². The molecule has 2 aromatic carbocycles. The standard InChI is InChI=1S/C24H27N3O7S2/c1-24(2,3)18-9-11-19(12-10-18)35(30,31)26-14-15-27(21(16-26)34-23(28)29)36(32,33)20-8-4-6-17-7-5-13-25-22(17)20/h4-13,21H,14-16H2,1-3H3,(H,28,29)/t21-/m1/s1. The van der Waals surface area contributed by atoms with Crippen LogP contribution in [0.25, 0.3) is 10.9 Å². The lowest BCUT2D eigenvalue weighted by atomic mass is 9.87. The van der Waals surface area contributed by atoms with E-state index < -0.39 is 39.0 Å². The van der Waals surface area contributed by atoms with Crippen LogP contribution >= 0.6 is 0 Å². The second-order valence-electron chi connectivity index (χ2n) is 9.42. The van der Waals surface area contributed by atoms with Crippen LogP contribution in [-0.2, 0) is 30.2 Å². The molecule has 0 spiro atoms. The minimum absolute atomic E-state index is 0.0270. The highest BCUT2D eigenvalue weighted by Gasteiger charge is 2.43. The van der Waals surface area contributed by atoms with Crippen LogP contribution in [0, 0.1) is 0 Å². The third-order valence-electron chi connectivity index (χ3n) is 6.03. The van der Waals surface area contributed by atoms with Crippen LogP contribution in [-0.4, -0.2) is 67.6 Å². The van der Waals surface area contributed by atoms with E-state index in [-0.39, 0.29) is 33.8 Å². The molecule has 1 saturated heterocycles. The number of fused-ring (bicyclic) bond motifs is 1. The van der Waals surface area contributed by atoms with E-state index in [1.807, 2.05) is 20.8 Å². The molecule has 0 amide bonds. The van der Waals surface area contributed by atoms with E-state index in [1.165, 1.54) is 24.4 Å². The molecule has 12 heteroatoms. The first kappa shape index (κ1) is 26.0. The van der Waals surface area contributed by atoms with Crippen molar-refractivity contribution in [1.82, 2.24) is 13.6 Å². The lowest BCUT2D eigenvalue weighted by Crippen LogP contribution is -2.57. The molecule has 1 N–H and O–H groups in total. The van der Waals surface area contributed by atoms with Gasteiger partial charge in [-0.2, -0.15) is 8.61 Å². The maximum absolute atomic E-state index is 13.6. The predicted octanol–water partition coefficient (Wildman–Crippen LogP) is 3.25. The fourth-order valence-corrected chi connectivity index (χ4v) is 7.19. The summed E-state index contributed by atoms with van der Waals surface area (Å²) < 4.78 is 60.6. The van der Waals surface area contributed by atoms with Gasteiger partial charge in [-0.25, -0.2) is 21.6 Å². The molecule has 0 unspecified atom stereocenters. The van der Waals surface area contributed by atoms with Crippen LogP contribution in [0.1, 0.15) is 26.3 Å². The largest absolute Gasteiger partial charge is 0.507 e. The minimum Gasteiger partial charge on any atom is -0.450 e. The monoisotopic (exact) mass is 533 g/mol. The second-order valence-corrected chi connectivity index (χ2v) is 13.2. The van der Waals surface area contributed by atoms with Gasteiger partial charge in [-0.15, -0.1) is 0 Å². The van der Waals surface area contributed by atoms with E-state index in [0.29, 0.717) is 5.39 Å². The van der Waals surface area contributed by atoms with Gasteiger partial charge in [0.05, 0.1) is 17.0 Å². The maximum Gasteiger partial charge on any atom is 0.507 e. The van der Waals surface area contributed by atoms with E-state index in [2.05, 4.69) is 4.98 Å². The van der Waals surface area contributed by atoms with Gasteiger partial charge < -0.3 is 9.84 Å². The summed E-state index contributed by atoms with van der Waals surface area (Å²) in [5.41, 5.74) is 1.01. The molecule has 2 heterocycles. The van der Waals surface area contributed by atoms with E-state index in [4.69, 9.17) is 4.74 Å². The van der Waals surface area contributed by atoms with Gasteiger partial charge in [-0.3, -0.25) is 4.98 Å². The second kappa shape index (κ2) is 9.43. The highest BCUT2D eigenvalue weighted by molar-refractivity contribution is 7.89. The fraction of sp³-hybridized carbons (Fsp3) is 0.333. The smallest absolute Gasteiger partial charge is 0.450 e. The van der Waals surface area contributed by atoms with Crippen molar-refractivity contribution in [3.8, 4) is 0 Å². The Morgan fingerprint density at radius 2 is 1.64 bits per heavy atom. The van der Waals surface area contributed by atoms with E-state index in [1.54, 1.807) is 36.4 Å². The first-order valence-corrected chi connectivity index (χ1v) is 14.1. The van der Waals surface area contributed by atoms with Gasteiger partial charge in [0.15, 0.2) is 6.23 Å². The number of para-hydroxylation sites is 1. The SMILES string of the molecule is CC(C)(C)c1ccc(S(=O)(=O)N2CCN(S(=O)(=O)c3cccc4cccnc34)[C@H](OC(=O)O)C2)cc1. The number of ether oxygens (including phenoxy) is 1. The molecule has 1 atom stereocenters. The van der Waals surface area contributed by atoms with Crippen molar-refractivity contribution >= 4 is 37.1 Å². The topological polar surface area (TPSA) is 134 Å². The van der Waals surface area contributed by atoms with E-state index in [9.17, 15) is 26.7 Å². The maximum atomic E-state index is 13.6. The molecule has 0 saturated carbocycles. The zero-order chi connectivity index (χ0) is 26.3. The lowest BCUT2D eigenvalue weighted by molar-refractivity contribution is -0.0246. The zero-order valence-electron chi connectivity index (χ0n) is 20.0. The van der Waals surface area contributed by atoms with E-state index >= 15 is 0 Å². The average molecular weight is 534 g/mol. The van der Waals surface area contributed by atoms with Crippen molar-refractivity contribution < 1.29 is 31.5 Å². The number of hydrogen-bond donors (Lipinski definition) is 1. The number of piperazine rings is 1. The molecular weight excluding hydrogens is 506 g/mol. The summed E-state index contributed by atoms with van der Waals surface area (Å²) in [5.74, 6) is 0. The summed E-state index contributed by atoms with van der Waals surface area (Å²) in [6, 6.07) is 14.5. The molecule has 0 radical (unpaired) electrons. The van der Waals surface area contributed by atoms with Crippen LogP contribution in [0.15, 0.2) is 70.6 Å². The Labute approximate surface area is 210 Å². The molecule has 192 valence electrons. The number of nitrogens with zero attached hydrogens (tertiary/aromatic N) is 3. The van der Waals surface area contributed by atoms with Crippen molar-refractivity contribution in [2.45, 2.75) is 42.2 Å². The van der Waals surface area contributed by atoms with Crippen molar-refractivity contribution in [3.63, 3.8) is 0 Å². The number of benzene rings is 2. The molecule has 10 nitrogen and oxygen atoms in total. The van der Waals surface area contributed by atoms with Gasteiger partial charge in [0.2, 0.25) is 20.0 Å². The summed E-state index contributed by atoms with van der Waals surface area (Å²) >= 11 is 0. The van der Waals surface area contributed by atoms with Gasteiger partial charge in [0.1, 0.15) is 4.90 Å². The highest BCUT2D eigenvalue weighted by Crippen LogP contribution is 2.30. The van der Waals surface area contributed by atoms with Crippen molar-refractivity contribution in [2.24, 2.45) is 0 Å². The number of sulfonamides is 2. The number of pyridine rings is 1. The van der Waals surface area contributed by atoms with Crippen LogP contribution in [0.3, 0.4) is 0 Å². The van der Waals surface area contributed by atoms with Gasteiger partial charge in [0, 0.05) is 24.7 Å². The number of hydrogen-bond acceptors (Lipinski definition) is 7. The Balaban J connectivity index is 1.67. The van der Waals surface area contributed by atoms with Gasteiger partial charge >= 0.3 is 6.16 Å². The zero-order valence-corrected chi connectivity index (χ0v) is 21.7. The molecule has 1 aliphatic heterocycles. The third kappa shape index (κ3) is 4.94. The van der Waals surface area contributed by atoms with Crippen molar-refractivity contribution in [2.75, 3.05) is 19.6 Å². The molecule has 3 aromatic rings.